The van der Waals surface area contributed by atoms with E-state index in [4.69, 9.17) is 4.42 Å². The molecule has 2 heterocycles. The first-order valence-corrected chi connectivity index (χ1v) is 9.05. The molecule has 3 rings (SSSR count). The van der Waals surface area contributed by atoms with Crippen LogP contribution in [0.5, 0.6) is 0 Å². The molecule has 0 saturated carbocycles. The van der Waals surface area contributed by atoms with Gasteiger partial charge in [-0.05, 0) is 50.5 Å². The molecule has 5 heteroatoms. The Morgan fingerprint density at radius 1 is 1.43 bits per heavy atom. The van der Waals surface area contributed by atoms with Gasteiger partial charge in [0.2, 0.25) is 11.8 Å². The van der Waals surface area contributed by atoms with Gasteiger partial charge in [0, 0.05) is 6.54 Å². The average molecular weight is 330 g/mol. The Kier molecular flexibility index (Phi) is 5.28. The number of nitrogens with zero attached hydrogens (tertiary/aromatic N) is 1. The van der Waals surface area contributed by atoms with E-state index in [1.807, 2.05) is 24.4 Å². The van der Waals surface area contributed by atoms with E-state index in [0.717, 1.165) is 22.8 Å². The predicted molar refractivity (Wildman–Crippen MR) is 92.4 cm³/mol. The highest BCUT2D eigenvalue weighted by Crippen LogP contribution is 2.26. The molecule has 0 bridgehead atoms. The smallest absolute Gasteiger partial charge is 0.236 e. The number of hydrogen-bond acceptors (Lipinski definition) is 4. The molecule has 2 aromatic heterocycles. The lowest BCUT2D eigenvalue weighted by Crippen LogP contribution is -2.26. The zero-order chi connectivity index (χ0) is 16.1. The Bertz CT molecular complexity index is 686. The largest absolute Gasteiger partial charge is 0.440 e. The summed E-state index contributed by atoms with van der Waals surface area (Å²) in [5.74, 6) is 1.33. The number of allylic oxidation sites excluding steroid dienone is 1. The molecule has 122 valence electrons. The molecule has 0 radical (unpaired) electrons. The van der Waals surface area contributed by atoms with Crippen molar-refractivity contribution in [3.05, 3.63) is 40.6 Å². The Morgan fingerprint density at radius 3 is 3.09 bits per heavy atom. The number of aromatic nitrogens is 1. The van der Waals surface area contributed by atoms with Crippen LogP contribution in [-0.2, 0) is 11.2 Å². The molecule has 2 aromatic rings. The van der Waals surface area contributed by atoms with Crippen molar-refractivity contribution in [1.82, 2.24) is 10.3 Å². The summed E-state index contributed by atoms with van der Waals surface area (Å²) >= 11 is 1.58. The van der Waals surface area contributed by atoms with Crippen LogP contribution in [0.1, 0.15) is 43.6 Å². The van der Waals surface area contributed by atoms with Gasteiger partial charge in [0.15, 0.2) is 0 Å². The third kappa shape index (κ3) is 4.32. The lowest BCUT2D eigenvalue weighted by molar-refractivity contribution is -0.120. The van der Waals surface area contributed by atoms with Gasteiger partial charge < -0.3 is 9.73 Å². The van der Waals surface area contributed by atoms with E-state index in [1.165, 1.54) is 31.3 Å². The molecular weight excluding hydrogens is 308 g/mol. The summed E-state index contributed by atoms with van der Waals surface area (Å²) in [4.78, 5) is 17.5. The van der Waals surface area contributed by atoms with Crippen molar-refractivity contribution in [2.24, 2.45) is 0 Å². The lowest BCUT2D eigenvalue weighted by atomic mass is 9.97. The van der Waals surface area contributed by atoms with E-state index in [-0.39, 0.29) is 12.3 Å². The van der Waals surface area contributed by atoms with Crippen LogP contribution in [0.15, 0.2) is 33.6 Å². The molecule has 0 spiro atoms. The summed E-state index contributed by atoms with van der Waals surface area (Å²) in [6, 6.07) is 3.93. The fourth-order valence-corrected chi connectivity index (χ4v) is 3.46. The zero-order valence-electron chi connectivity index (χ0n) is 13.4. The van der Waals surface area contributed by atoms with Crippen LogP contribution in [0.4, 0.5) is 0 Å². The van der Waals surface area contributed by atoms with E-state index in [0.29, 0.717) is 12.4 Å². The molecule has 23 heavy (non-hydrogen) atoms. The monoisotopic (exact) mass is 330 g/mol. The van der Waals surface area contributed by atoms with Gasteiger partial charge in [-0.15, -0.1) is 11.3 Å². The van der Waals surface area contributed by atoms with Crippen LogP contribution >= 0.6 is 11.3 Å². The highest BCUT2D eigenvalue weighted by atomic mass is 32.1. The minimum absolute atomic E-state index is 0.00976. The number of carbonyl (C=O) groups excluding carboxylic acids is 1. The number of aryl methyl sites for hydroxylation is 1. The molecule has 0 aromatic carbocycles. The highest BCUT2D eigenvalue weighted by molar-refractivity contribution is 7.13. The molecule has 0 unspecified atom stereocenters. The number of thiophene rings is 1. The molecule has 0 fully saturated rings. The minimum atomic E-state index is 0.00976. The molecule has 0 saturated heterocycles. The van der Waals surface area contributed by atoms with Crippen LogP contribution in [0, 0.1) is 6.92 Å². The summed E-state index contributed by atoms with van der Waals surface area (Å²) < 4.78 is 5.67. The second kappa shape index (κ2) is 7.59. The van der Waals surface area contributed by atoms with Crippen molar-refractivity contribution in [2.75, 3.05) is 6.54 Å². The Labute approximate surface area is 140 Å². The summed E-state index contributed by atoms with van der Waals surface area (Å²) in [5.41, 5.74) is 2.21. The molecule has 4 nitrogen and oxygen atoms in total. The maximum absolute atomic E-state index is 12.1. The normalized spacial score (nSPS) is 14.6. The summed E-state index contributed by atoms with van der Waals surface area (Å²) in [7, 11) is 0. The van der Waals surface area contributed by atoms with Crippen LogP contribution in [0.3, 0.4) is 0 Å². The Balaban J connectivity index is 1.50. The Morgan fingerprint density at radius 2 is 2.35 bits per heavy atom. The fourth-order valence-electron chi connectivity index (χ4n) is 2.81. The van der Waals surface area contributed by atoms with E-state index >= 15 is 0 Å². The van der Waals surface area contributed by atoms with Crippen molar-refractivity contribution in [2.45, 2.75) is 45.4 Å². The maximum Gasteiger partial charge on any atom is 0.236 e. The highest BCUT2D eigenvalue weighted by Gasteiger charge is 2.15. The second-order valence-corrected chi connectivity index (χ2v) is 6.83. The molecule has 1 aliphatic rings. The van der Waals surface area contributed by atoms with Crippen molar-refractivity contribution < 1.29 is 9.21 Å². The van der Waals surface area contributed by atoms with Gasteiger partial charge >= 0.3 is 0 Å². The predicted octanol–water partition coefficient (Wildman–Crippen LogP) is 4.26. The molecular formula is C18H22N2O2S. The SMILES string of the molecule is Cc1oc(-c2cccs2)nc1CC(=O)NCCC1=CCCCC1. The van der Waals surface area contributed by atoms with Crippen LogP contribution < -0.4 is 5.32 Å². The minimum Gasteiger partial charge on any atom is -0.440 e. The van der Waals surface area contributed by atoms with Gasteiger partial charge in [0.1, 0.15) is 5.76 Å². The van der Waals surface area contributed by atoms with E-state index < -0.39 is 0 Å². The van der Waals surface area contributed by atoms with Crippen molar-refractivity contribution in [1.29, 1.82) is 0 Å². The van der Waals surface area contributed by atoms with Gasteiger partial charge in [0.05, 0.1) is 17.0 Å². The number of amides is 1. The molecule has 0 atom stereocenters. The number of hydrogen-bond donors (Lipinski definition) is 1. The second-order valence-electron chi connectivity index (χ2n) is 5.88. The van der Waals surface area contributed by atoms with Gasteiger partial charge in [-0.25, -0.2) is 4.98 Å². The first-order chi connectivity index (χ1) is 11.2. The quantitative estimate of drug-likeness (QED) is 0.805. The third-order valence-electron chi connectivity index (χ3n) is 4.11. The third-order valence-corrected chi connectivity index (χ3v) is 4.96. The van der Waals surface area contributed by atoms with E-state index in [9.17, 15) is 4.79 Å². The van der Waals surface area contributed by atoms with Crippen LogP contribution in [0.2, 0.25) is 0 Å². The summed E-state index contributed by atoms with van der Waals surface area (Å²) in [6.45, 7) is 2.57. The zero-order valence-corrected chi connectivity index (χ0v) is 14.2. The topological polar surface area (TPSA) is 55.1 Å². The fraction of sp³-hybridized carbons (Fsp3) is 0.444. The van der Waals surface area contributed by atoms with Crippen LogP contribution in [0.25, 0.3) is 10.8 Å². The van der Waals surface area contributed by atoms with Gasteiger partial charge in [-0.3, -0.25) is 4.79 Å². The van der Waals surface area contributed by atoms with Crippen molar-refractivity contribution in [3.63, 3.8) is 0 Å². The van der Waals surface area contributed by atoms with E-state index in [1.54, 1.807) is 11.3 Å². The summed E-state index contributed by atoms with van der Waals surface area (Å²) in [5, 5.41) is 4.98. The first-order valence-electron chi connectivity index (χ1n) is 8.17. The standard InChI is InChI=1S/C18H22N2O2S/c1-13-15(20-18(22-13)16-8-5-11-23-16)12-17(21)19-10-9-14-6-3-2-4-7-14/h5-6,8,11H,2-4,7,9-10,12H2,1H3,(H,19,21). The lowest BCUT2D eigenvalue weighted by Gasteiger charge is -2.12. The maximum atomic E-state index is 12.1. The van der Waals surface area contributed by atoms with Gasteiger partial charge in [0.25, 0.3) is 0 Å². The Hall–Kier alpha value is -1.88. The van der Waals surface area contributed by atoms with Crippen molar-refractivity contribution >= 4 is 17.2 Å². The van der Waals surface area contributed by atoms with E-state index in [2.05, 4.69) is 16.4 Å². The number of nitrogens with one attached hydrogen (secondary N) is 1. The number of oxazole rings is 1. The molecule has 1 aliphatic carbocycles. The average Bonchev–Trinajstić information content (AvgIpc) is 3.19. The molecule has 0 aliphatic heterocycles. The summed E-state index contributed by atoms with van der Waals surface area (Å²) in [6.07, 6.45) is 8.51. The van der Waals surface area contributed by atoms with Gasteiger partial charge in [-0.1, -0.05) is 17.7 Å². The van der Waals surface area contributed by atoms with Gasteiger partial charge in [-0.2, -0.15) is 0 Å². The van der Waals surface area contributed by atoms with Crippen molar-refractivity contribution in [3.8, 4) is 10.8 Å². The molecule has 1 amide bonds. The number of rotatable bonds is 6. The number of carbonyl (C=O) groups is 1. The van der Waals surface area contributed by atoms with Crippen LogP contribution in [-0.4, -0.2) is 17.4 Å². The first kappa shape index (κ1) is 16.0. The molecule has 1 N–H and O–H groups in total.